The maximum Gasteiger partial charge on any atom is 0.326 e. The van der Waals surface area contributed by atoms with Crippen molar-refractivity contribution >= 4 is 29.2 Å². The van der Waals surface area contributed by atoms with E-state index in [0.29, 0.717) is 5.75 Å². The van der Waals surface area contributed by atoms with Gasteiger partial charge in [0.25, 0.3) is 5.91 Å². The van der Waals surface area contributed by atoms with Gasteiger partial charge in [0, 0.05) is 5.38 Å². The molecule has 0 aliphatic carbocycles. The summed E-state index contributed by atoms with van der Waals surface area (Å²) in [5.41, 5.74) is 0. The summed E-state index contributed by atoms with van der Waals surface area (Å²) in [6, 6.07) is -1.52. The zero-order valence-corrected chi connectivity index (χ0v) is 11.5. The van der Waals surface area contributed by atoms with E-state index in [-0.39, 0.29) is 10.6 Å². The number of aliphatic carboxylic acids is 2. The maximum atomic E-state index is 12.0. The van der Waals surface area contributed by atoms with Crippen molar-refractivity contribution in [2.75, 3.05) is 14.2 Å². The van der Waals surface area contributed by atoms with E-state index >= 15 is 0 Å². The summed E-state index contributed by atoms with van der Waals surface area (Å²) in [5.74, 6) is -2.97. The van der Waals surface area contributed by atoms with E-state index < -0.39 is 30.3 Å². The van der Waals surface area contributed by atoms with Gasteiger partial charge in [-0.05, 0) is 0 Å². The SMILES string of the molecule is COc1csc(C(=O)NC(CC(=O)O)C(=O)O)c1OC. The van der Waals surface area contributed by atoms with E-state index in [0.717, 1.165) is 11.3 Å². The molecule has 1 aromatic rings. The van der Waals surface area contributed by atoms with Crippen molar-refractivity contribution in [3.63, 3.8) is 0 Å². The van der Waals surface area contributed by atoms with Gasteiger partial charge in [-0.15, -0.1) is 11.3 Å². The normalized spacial score (nSPS) is 11.5. The lowest BCUT2D eigenvalue weighted by Gasteiger charge is -2.12. The highest BCUT2D eigenvalue weighted by Gasteiger charge is 2.27. The monoisotopic (exact) mass is 303 g/mol. The molecular formula is C11H13NO7S. The van der Waals surface area contributed by atoms with Crippen LogP contribution in [0.2, 0.25) is 0 Å². The van der Waals surface area contributed by atoms with Crippen molar-refractivity contribution in [3.8, 4) is 11.5 Å². The predicted molar refractivity (Wildman–Crippen MR) is 68.6 cm³/mol. The fraction of sp³-hybridized carbons (Fsp3) is 0.364. The molecule has 0 radical (unpaired) electrons. The molecule has 1 aromatic heterocycles. The average Bonchev–Trinajstić information content (AvgIpc) is 2.79. The first-order valence-electron chi connectivity index (χ1n) is 5.35. The van der Waals surface area contributed by atoms with E-state index in [2.05, 4.69) is 5.32 Å². The van der Waals surface area contributed by atoms with Gasteiger partial charge < -0.3 is 25.0 Å². The summed E-state index contributed by atoms with van der Waals surface area (Å²) in [6.45, 7) is 0. The Labute approximate surface area is 117 Å². The number of hydrogen-bond donors (Lipinski definition) is 3. The Kier molecular flexibility index (Phi) is 5.32. The number of ether oxygens (including phenoxy) is 2. The lowest BCUT2D eigenvalue weighted by Crippen LogP contribution is -2.42. The molecule has 0 saturated heterocycles. The lowest BCUT2D eigenvalue weighted by molar-refractivity contribution is -0.145. The van der Waals surface area contributed by atoms with E-state index in [1.165, 1.54) is 19.6 Å². The molecule has 1 atom stereocenters. The van der Waals surface area contributed by atoms with Crippen LogP contribution in [0.3, 0.4) is 0 Å². The van der Waals surface area contributed by atoms with Crippen LogP contribution >= 0.6 is 11.3 Å². The Morgan fingerprint density at radius 2 is 1.95 bits per heavy atom. The number of amides is 1. The second-order valence-electron chi connectivity index (χ2n) is 3.63. The molecule has 0 bridgehead atoms. The van der Waals surface area contributed by atoms with Crippen molar-refractivity contribution in [1.29, 1.82) is 0 Å². The minimum absolute atomic E-state index is 0.112. The third kappa shape index (κ3) is 3.60. The highest BCUT2D eigenvalue weighted by Crippen LogP contribution is 2.36. The third-order valence-corrected chi connectivity index (χ3v) is 3.26. The molecule has 0 saturated carbocycles. The van der Waals surface area contributed by atoms with Crippen molar-refractivity contribution in [1.82, 2.24) is 5.32 Å². The van der Waals surface area contributed by atoms with Crippen LogP contribution in [0.25, 0.3) is 0 Å². The van der Waals surface area contributed by atoms with Crippen LogP contribution in [0.4, 0.5) is 0 Å². The molecule has 110 valence electrons. The fourth-order valence-corrected chi connectivity index (χ4v) is 2.31. The number of methoxy groups -OCH3 is 2. The summed E-state index contributed by atoms with van der Waals surface area (Å²) < 4.78 is 9.99. The summed E-state index contributed by atoms with van der Waals surface area (Å²) in [4.78, 5) is 33.5. The van der Waals surface area contributed by atoms with Crippen LogP contribution in [0.1, 0.15) is 16.1 Å². The van der Waals surface area contributed by atoms with Crippen molar-refractivity contribution in [2.24, 2.45) is 0 Å². The molecule has 1 unspecified atom stereocenters. The molecule has 0 fully saturated rings. The summed E-state index contributed by atoms with van der Waals surface area (Å²) in [5, 5.41) is 21.1. The van der Waals surface area contributed by atoms with Crippen LogP contribution in [-0.4, -0.2) is 48.3 Å². The zero-order chi connectivity index (χ0) is 15.3. The Balaban J connectivity index is 2.91. The van der Waals surface area contributed by atoms with E-state index in [1.54, 1.807) is 0 Å². The molecule has 9 heteroatoms. The molecule has 3 N–H and O–H groups in total. The third-order valence-electron chi connectivity index (χ3n) is 2.33. The standard InChI is InChI=1S/C11H13NO7S/c1-18-6-4-20-9(8(6)19-2)10(15)12-5(11(16)17)3-7(13)14/h4-5H,3H2,1-2H3,(H,12,15)(H,13,14)(H,16,17). The molecule has 1 rings (SSSR count). The summed E-state index contributed by atoms with van der Waals surface area (Å²) >= 11 is 1.00. The van der Waals surface area contributed by atoms with Crippen LogP contribution in [-0.2, 0) is 9.59 Å². The van der Waals surface area contributed by atoms with Gasteiger partial charge in [0.2, 0.25) is 0 Å². The number of hydrogen-bond acceptors (Lipinski definition) is 6. The van der Waals surface area contributed by atoms with Crippen LogP contribution in [0.5, 0.6) is 11.5 Å². The molecule has 0 spiro atoms. The van der Waals surface area contributed by atoms with Gasteiger partial charge in [-0.3, -0.25) is 9.59 Å². The molecule has 1 amide bonds. The first kappa shape index (κ1) is 15.8. The van der Waals surface area contributed by atoms with Gasteiger partial charge in [-0.25, -0.2) is 4.79 Å². The van der Waals surface area contributed by atoms with E-state index in [1.807, 2.05) is 0 Å². The molecular weight excluding hydrogens is 290 g/mol. The van der Waals surface area contributed by atoms with Gasteiger partial charge in [0.05, 0.1) is 20.6 Å². The minimum Gasteiger partial charge on any atom is -0.492 e. The van der Waals surface area contributed by atoms with Crippen molar-refractivity contribution in [2.45, 2.75) is 12.5 Å². The topological polar surface area (TPSA) is 122 Å². The second-order valence-corrected chi connectivity index (χ2v) is 4.51. The number of carbonyl (C=O) groups is 3. The first-order chi connectivity index (χ1) is 9.40. The number of rotatable bonds is 7. The van der Waals surface area contributed by atoms with Crippen LogP contribution in [0.15, 0.2) is 5.38 Å². The molecule has 0 aliphatic heterocycles. The smallest absolute Gasteiger partial charge is 0.326 e. The summed E-state index contributed by atoms with van der Waals surface area (Å²) in [6.07, 6.45) is -0.716. The Morgan fingerprint density at radius 1 is 1.30 bits per heavy atom. The molecule has 8 nitrogen and oxygen atoms in total. The molecule has 0 aliphatic rings. The quantitative estimate of drug-likeness (QED) is 0.667. The second kappa shape index (κ2) is 6.75. The van der Waals surface area contributed by atoms with Gasteiger partial charge >= 0.3 is 11.9 Å². The van der Waals surface area contributed by atoms with Gasteiger partial charge in [0.15, 0.2) is 11.5 Å². The number of carbonyl (C=O) groups excluding carboxylic acids is 1. The Hall–Kier alpha value is -2.29. The minimum atomic E-state index is -1.52. The summed E-state index contributed by atoms with van der Waals surface area (Å²) in [7, 11) is 2.74. The average molecular weight is 303 g/mol. The number of nitrogens with one attached hydrogen (secondary N) is 1. The molecule has 0 aromatic carbocycles. The van der Waals surface area contributed by atoms with Gasteiger partial charge in [-0.2, -0.15) is 0 Å². The van der Waals surface area contributed by atoms with Crippen LogP contribution < -0.4 is 14.8 Å². The number of carboxylic acids is 2. The van der Waals surface area contributed by atoms with Crippen molar-refractivity contribution in [3.05, 3.63) is 10.3 Å². The van der Waals surface area contributed by atoms with Gasteiger partial charge in [-0.1, -0.05) is 0 Å². The number of carboxylic acid groups (broad SMARTS) is 2. The highest BCUT2D eigenvalue weighted by molar-refractivity contribution is 7.12. The largest absolute Gasteiger partial charge is 0.492 e. The Bertz CT molecular complexity index is 525. The van der Waals surface area contributed by atoms with Crippen LogP contribution in [0, 0.1) is 0 Å². The zero-order valence-electron chi connectivity index (χ0n) is 10.7. The molecule has 1 heterocycles. The maximum absolute atomic E-state index is 12.0. The fourth-order valence-electron chi connectivity index (χ4n) is 1.42. The first-order valence-corrected chi connectivity index (χ1v) is 6.23. The highest BCUT2D eigenvalue weighted by atomic mass is 32.1. The van der Waals surface area contributed by atoms with E-state index in [9.17, 15) is 14.4 Å². The lowest BCUT2D eigenvalue weighted by atomic mass is 10.2. The number of thiophene rings is 1. The van der Waals surface area contributed by atoms with Gasteiger partial charge in [0.1, 0.15) is 10.9 Å². The predicted octanol–water partition coefficient (Wildman–Crippen LogP) is 0.423. The Morgan fingerprint density at radius 3 is 2.40 bits per heavy atom. The van der Waals surface area contributed by atoms with E-state index in [4.69, 9.17) is 19.7 Å². The molecule has 20 heavy (non-hydrogen) atoms. The van der Waals surface area contributed by atoms with Crippen molar-refractivity contribution < 1.29 is 34.1 Å².